The summed E-state index contributed by atoms with van der Waals surface area (Å²) in [6, 6.07) is 27.4. The molecule has 8 rings (SSSR count). The third-order valence-corrected chi connectivity index (χ3v) is 10.5. The van der Waals surface area contributed by atoms with E-state index in [9.17, 15) is 14.7 Å². The Bertz CT molecular complexity index is 1650. The van der Waals surface area contributed by atoms with E-state index in [-0.39, 0.29) is 11.4 Å². The number of hydrogen-bond acceptors (Lipinski definition) is 3. The maximum atomic E-state index is 12.2. The van der Waals surface area contributed by atoms with E-state index in [2.05, 4.69) is 48.5 Å². The van der Waals surface area contributed by atoms with E-state index in [4.69, 9.17) is 4.74 Å². The van der Waals surface area contributed by atoms with E-state index in [1.54, 1.807) is 6.07 Å². The Balaban J connectivity index is 1.27. The fraction of sp³-hybridized carbons (Fsp3) is 0.385. The first-order valence-corrected chi connectivity index (χ1v) is 16.0. The smallest absolute Gasteiger partial charge is 0.335 e. The zero-order valence-corrected chi connectivity index (χ0v) is 25.0. The Hall–Kier alpha value is -3.92. The van der Waals surface area contributed by atoms with E-state index in [1.807, 2.05) is 24.3 Å². The molecule has 0 atom stereocenters. The zero-order chi connectivity index (χ0) is 29.6. The largest absolute Gasteiger partial charge is 0.478 e. The molecular formula is C39H40O4. The summed E-state index contributed by atoms with van der Waals surface area (Å²) in [6.07, 6.45) is 10.5. The molecule has 43 heavy (non-hydrogen) atoms. The fourth-order valence-electron chi connectivity index (χ4n) is 9.15. The minimum Gasteiger partial charge on any atom is -0.478 e. The predicted molar refractivity (Wildman–Crippen MR) is 170 cm³/mol. The van der Waals surface area contributed by atoms with Crippen molar-refractivity contribution in [1.82, 2.24) is 0 Å². The summed E-state index contributed by atoms with van der Waals surface area (Å²) >= 11 is 0. The van der Waals surface area contributed by atoms with Crippen molar-refractivity contribution in [2.75, 3.05) is 6.61 Å². The Labute approximate surface area is 254 Å². The number of esters is 1. The van der Waals surface area contributed by atoms with Crippen molar-refractivity contribution in [1.29, 1.82) is 0 Å². The van der Waals surface area contributed by atoms with E-state index in [0.717, 1.165) is 52.5 Å². The molecule has 4 fully saturated rings. The van der Waals surface area contributed by atoms with Crippen LogP contribution in [-0.4, -0.2) is 23.7 Å². The highest BCUT2D eigenvalue weighted by atomic mass is 16.5. The molecule has 4 aliphatic rings. The van der Waals surface area contributed by atoms with Gasteiger partial charge < -0.3 is 9.84 Å². The molecular weight excluding hydrogens is 532 g/mol. The van der Waals surface area contributed by atoms with Crippen LogP contribution in [0, 0.1) is 17.8 Å². The summed E-state index contributed by atoms with van der Waals surface area (Å²) < 4.78 is 5.28. The number of hydrogen-bond donors (Lipinski definition) is 1. The van der Waals surface area contributed by atoms with Gasteiger partial charge in [-0.05, 0) is 137 Å². The molecule has 4 nitrogen and oxygen atoms in total. The van der Waals surface area contributed by atoms with Crippen LogP contribution in [0.5, 0.6) is 0 Å². The SMILES string of the molecule is CC(=O)OCCCc1ccc(-c2ccc3c(Cc4ccccc4)c(C(=O)O)ccc3c2)cc1C12CC3CC(CC(C3)C1)C2. The lowest BCUT2D eigenvalue weighted by atomic mass is 9.47. The topological polar surface area (TPSA) is 63.6 Å². The van der Waals surface area contributed by atoms with Crippen LogP contribution in [0.2, 0.25) is 0 Å². The molecule has 4 aromatic carbocycles. The summed E-state index contributed by atoms with van der Waals surface area (Å²) in [7, 11) is 0. The van der Waals surface area contributed by atoms with Gasteiger partial charge in [-0.1, -0.05) is 66.7 Å². The first kappa shape index (κ1) is 27.9. The third kappa shape index (κ3) is 5.48. The number of fused-ring (bicyclic) bond motifs is 1. The molecule has 1 N–H and O–H groups in total. The van der Waals surface area contributed by atoms with Gasteiger partial charge >= 0.3 is 11.9 Å². The average Bonchev–Trinajstić information content (AvgIpc) is 2.99. The first-order valence-electron chi connectivity index (χ1n) is 16.0. The lowest BCUT2D eigenvalue weighted by molar-refractivity contribution is -0.141. The van der Waals surface area contributed by atoms with Crippen LogP contribution in [0.3, 0.4) is 0 Å². The third-order valence-electron chi connectivity index (χ3n) is 10.5. The summed E-state index contributed by atoms with van der Waals surface area (Å²) in [4.78, 5) is 23.5. The second kappa shape index (κ2) is 11.3. The van der Waals surface area contributed by atoms with Gasteiger partial charge in [0.1, 0.15) is 0 Å². The predicted octanol–water partition coefficient (Wildman–Crippen LogP) is 8.76. The van der Waals surface area contributed by atoms with Gasteiger partial charge in [0.15, 0.2) is 0 Å². The summed E-state index contributed by atoms with van der Waals surface area (Å²) in [5, 5.41) is 12.0. The number of carbonyl (C=O) groups excluding carboxylic acids is 1. The molecule has 0 heterocycles. The molecule has 0 amide bonds. The number of carboxylic acid groups (broad SMARTS) is 1. The second-order valence-corrected chi connectivity index (χ2v) is 13.5. The van der Waals surface area contributed by atoms with Crippen molar-refractivity contribution in [3.8, 4) is 11.1 Å². The maximum absolute atomic E-state index is 12.2. The molecule has 4 heteroatoms. The Kier molecular flexibility index (Phi) is 7.33. The van der Waals surface area contributed by atoms with Crippen LogP contribution in [0.1, 0.15) is 84.5 Å². The standard InChI is InChI=1S/C39H40O4/c1-25(40)43-15-5-8-30-9-10-32(21-37(30)39-22-27-16-28(23-39)18-29(17-27)24-39)31-11-13-34-33(20-31)12-14-35(38(41)42)36(34)19-26-6-3-2-4-7-26/h2-4,6-7,9-14,20-21,27-29H,5,8,15-19,22-24H2,1H3,(H,41,42). The van der Waals surface area contributed by atoms with E-state index >= 15 is 0 Å². The maximum Gasteiger partial charge on any atom is 0.335 e. The Morgan fingerprint density at radius 1 is 0.837 bits per heavy atom. The molecule has 4 aromatic rings. The van der Waals surface area contributed by atoms with E-state index in [0.29, 0.717) is 18.6 Å². The van der Waals surface area contributed by atoms with Gasteiger partial charge in [-0.25, -0.2) is 4.79 Å². The first-order chi connectivity index (χ1) is 20.9. The molecule has 0 aliphatic heterocycles. The summed E-state index contributed by atoms with van der Waals surface area (Å²) in [5.41, 5.74) is 7.92. The van der Waals surface area contributed by atoms with Gasteiger partial charge in [-0.3, -0.25) is 4.79 Å². The number of benzene rings is 4. The molecule has 0 aromatic heterocycles. The second-order valence-electron chi connectivity index (χ2n) is 13.5. The monoisotopic (exact) mass is 572 g/mol. The van der Waals surface area contributed by atoms with E-state index in [1.165, 1.54) is 67.7 Å². The number of ether oxygens (including phenoxy) is 1. The van der Waals surface area contributed by atoms with Gasteiger partial charge in [-0.15, -0.1) is 0 Å². The van der Waals surface area contributed by atoms with Crippen LogP contribution < -0.4 is 0 Å². The highest BCUT2D eigenvalue weighted by molar-refractivity contribution is 5.99. The zero-order valence-electron chi connectivity index (χ0n) is 25.0. The quantitative estimate of drug-likeness (QED) is 0.161. The van der Waals surface area contributed by atoms with Crippen molar-refractivity contribution in [2.24, 2.45) is 17.8 Å². The number of carbonyl (C=O) groups is 2. The van der Waals surface area contributed by atoms with Gasteiger partial charge in [0.05, 0.1) is 12.2 Å². The van der Waals surface area contributed by atoms with Crippen LogP contribution in [0.25, 0.3) is 21.9 Å². The Morgan fingerprint density at radius 2 is 1.51 bits per heavy atom. The number of aryl methyl sites for hydroxylation is 1. The molecule has 0 saturated heterocycles. The highest BCUT2D eigenvalue weighted by Gasteiger charge is 2.52. The van der Waals surface area contributed by atoms with Crippen LogP contribution in [0.4, 0.5) is 0 Å². The van der Waals surface area contributed by atoms with Crippen molar-refractivity contribution >= 4 is 22.7 Å². The van der Waals surface area contributed by atoms with Crippen LogP contribution in [0.15, 0.2) is 78.9 Å². The fourth-order valence-corrected chi connectivity index (χ4v) is 9.15. The van der Waals surface area contributed by atoms with Gasteiger partial charge in [0.25, 0.3) is 0 Å². The van der Waals surface area contributed by atoms with Crippen molar-refractivity contribution in [3.63, 3.8) is 0 Å². The van der Waals surface area contributed by atoms with Crippen LogP contribution >= 0.6 is 0 Å². The van der Waals surface area contributed by atoms with Gasteiger partial charge in [-0.2, -0.15) is 0 Å². The van der Waals surface area contributed by atoms with Crippen molar-refractivity contribution in [3.05, 3.63) is 107 Å². The lowest BCUT2D eigenvalue weighted by Crippen LogP contribution is -2.49. The average molecular weight is 573 g/mol. The van der Waals surface area contributed by atoms with Gasteiger partial charge in [0, 0.05) is 6.92 Å². The number of aromatic carboxylic acids is 1. The number of carboxylic acids is 1. The molecule has 4 saturated carbocycles. The normalized spacial score (nSPS) is 23.9. The Morgan fingerprint density at radius 3 is 2.19 bits per heavy atom. The summed E-state index contributed by atoms with van der Waals surface area (Å²) in [6.45, 7) is 1.94. The van der Waals surface area contributed by atoms with Crippen molar-refractivity contribution < 1.29 is 19.4 Å². The molecule has 0 spiro atoms. The molecule has 0 unspecified atom stereocenters. The van der Waals surface area contributed by atoms with Crippen molar-refractivity contribution in [2.45, 2.75) is 70.1 Å². The number of rotatable bonds is 9. The summed E-state index contributed by atoms with van der Waals surface area (Å²) in [5.74, 6) is 1.47. The highest BCUT2D eigenvalue weighted by Crippen LogP contribution is 2.61. The molecule has 220 valence electrons. The minimum atomic E-state index is -0.888. The van der Waals surface area contributed by atoms with E-state index < -0.39 is 5.97 Å². The molecule has 4 aliphatic carbocycles. The van der Waals surface area contributed by atoms with Crippen LogP contribution in [-0.2, 0) is 27.8 Å². The lowest BCUT2D eigenvalue weighted by Gasteiger charge is -2.57. The minimum absolute atomic E-state index is 0.213. The molecule has 0 radical (unpaired) electrons. The van der Waals surface area contributed by atoms with Gasteiger partial charge in [0.2, 0.25) is 0 Å². The molecule has 4 bridgehead atoms.